The number of benzene rings is 1. The Hall–Kier alpha value is -1.30. The van der Waals surface area contributed by atoms with Gasteiger partial charge in [0.05, 0.1) is 0 Å². The normalized spacial score (nSPS) is 31.9. The standard InChI is InChI=1S/C10H14.C8H10/c1-8-4-5-9(2)7-10(9,3)6-8;1-7-5-3-4-6-8(7)2/h4-6H,7H2,1-3H3;3-6H,1-2H3. The average Bonchev–Trinajstić information content (AvgIpc) is 2.86. The Morgan fingerprint density at radius 1 is 0.889 bits per heavy atom. The number of hydrogen-bond acceptors (Lipinski definition) is 0. The third-order valence-electron chi connectivity index (χ3n) is 4.60. The van der Waals surface area contributed by atoms with E-state index in [9.17, 15) is 0 Å². The zero-order valence-corrected chi connectivity index (χ0v) is 12.2. The fourth-order valence-electron chi connectivity index (χ4n) is 2.71. The molecule has 0 heteroatoms. The molecule has 96 valence electrons. The second-order valence-electron chi connectivity index (χ2n) is 6.32. The van der Waals surface area contributed by atoms with Gasteiger partial charge in [-0.05, 0) is 49.1 Å². The minimum atomic E-state index is 0.506. The van der Waals surface area contributed by atoms with E-state index in [-0.39, 0.29) is 0 Å². The van der Waals surface area contributed by atoms with Crippen LogP contribution in [-0.2, 0) is 0 Å². The van der Waals surface area contributed by atoms with Gasteiger partial charge >= 0.3 is 0 Å². The molecule has 2 unspecified atom stereocenters. The molecule has 3 rings (SSSR count). The summed E-state index contributed by atoms with van der Waals surface area (Å²) in [7, 11) is 0. The second-order valence-corrected chi connectivity index (χ2v) is 6.32. The molecule has 1 aromatic carbocycles. The number of hydrogen-bond donors (Lipinski definition) is 0. The summed E-state index contributed by atoms with van der Waals surface area (Å²) in [5, 5.41) is 0. The summed E-state index contributed by atoms with van der Waals surface area (Å²) in [4.78, 5) is 0. The second kappa shape index (κ2) is 4.42. The van der Waals surface area contributed by atoms with Crippen molar-refractivity contribution in [2.45, 2.75) is 41.0 Å². The molecule has 0 bridgehead atoms. The molecular formula is C18H24. The Kier molecular flexibility index (Phi) is 3.23. The van der Waals surface area contributed by atoms with E-state index in [2.05, 4.69) is 77.1 Å². The van der Waals surface area contributed by atoms with Gasteiger partial charge in [0.2, 0.25) is 0 Å². The maximum absolute atomic E-state index is 2.41. The average molecular weight is 240 g/mol. The Bertz CT molecular complexity index is 486. The number of fused-ring (bicyclic) bond motifs is 1. The van der Waals surface area contributed by atoms with Crippen LogP contribution in [0.15, 0.2) is 48.1 Å². The number of rotatable bonds is 0. The summed E-state index contributed by atoms with van der Waals surface area (Å²) in [6.45, 7) is 11.1. The van der Waals surface area contributed by atoms with Crippen LogP contribution in [0.25, 0.3) is 0 Å². The molecule has 0 amide bonds. The van der Waals surface area contributed by atoms with E-state index < -0.39 is 0 Å². The molecule has 0 heterocycles. The van der Waals surface area contributed by atoms with Crippen LogP contribution in [0.5, 0.6) is 0 Å². The van der Waals surface area contributed by atoms with Crippen molar-refractivity contribution in [3.8, 4) is 0 Å². The Morgan fingerprint density at radius 3 is 1.83 bits per heavy atom. The number of aryl methyl sites for hydroxylation is 2. The van der Waals surface area contributed by atoms with Crippen LogP contribution in [0.4, 0.5) is 0 Å². The van der Waals surface area contributed by atoms with Crippen molar-refractivity contribution in [3.63, 3.8) is 0 Å². The lowest BCUT2D eigenvalue weighted by molar-refractivity contribution is 0.548. The van der Waals surface area contributed by atoms with Gasteiger partial charge in [0.1, 0.15) is 0 Å². The number of allylic oxidation sites excluding steroid dienone is 4. The molecule has 0 aliphatic heterocycles. The van der Waals surface area contributed by atoms with E-state index in [4.69, 9.17) is 0 Å². The first-order valence-corrected chi connectivity index (χ1v) is 6.77. The Morgan fingerprint density at radius 2 is 1.44 bits per heavy atom. The highest BCUT2D eigenvalue weighted by Gasteiger charge is 2.58. The van der Waals surface area contributed by atoms with Gasteiger partial charge in [0.25, 0.3) is 0 Å². The molecule has 2 aliphatic rings. The predicted molar refractivity (Wildman–Crippen MR) is 79.6 cm³/mol. The van der Waals surface area contributed by atoms with E-state index in [1.54, 1.807) is 0 Å². The topological polar surface area (TPSA) is 0 Å². The molecule has 0 spiro atoms. The van der Waals surface area contributed by atoms with Crippen molar-refractivity contribution in [2.24, 2.45) is 10.8 Å². The third-order valence-corrected chi connectivity index (χ3v) is 4.60. The van der Waals surface area contributed by atoms with Crippen molar-refractivity contribution >= 4 is 0 Å². The van der Waals surface area contributed by atoms with E-state index in [0.717, 1.165) is 0 Å². The smallest absolute Gasteiger partial charge is 0.00437 e. The van der Waals surface area contributed by atoms with Crippen molar-refractivity contribution in [1.82, 2.24) is 0 Å². The molecule has 0 N–H and O–H groups in total. The fraction of sp³-hybridized carbons (Fsp3) is 0.444. The van der Waals surface area contributed by atoms with Gasteiger partial charge in [-0.3, -0.25) is 0 Å². The summed E-state index contributed by atoms with van der Waals surface area (Å²) in [6, 6.07) is 8.36. The fourth-order valence-corrected chi connectivity index (χ4v) is 2.71. The Balaban J connectivity index is 0.000000138. The van der Waals surface area contributed by atoms with E-state index in [1.165, 1.54) is 23.1 Å². The molecule has 18 heavy (non-hydrogen) atoms. The molecule has 2 atom stereocenters. The minimum absolute atomic E-state index is 0.506. The Labute approximate surface area is 111 Å². The van der Waals surface area contributed by atoms with Crippen LogP contribution in [0.3, 0.4) is 0 Å². The van der Waals surface area contributed by atoms with Crippen molar-refractivity contribution in [3.05, 3.63) is 59.2 Å². The van der Waals surface area contributed by atoms with Crippen LogP contribution in [0.1, 0.15) is 38.3 Å². The van der Waals surface area contributed by atoms with Crippen LogP contribution < -0.4 is 0 Å². The van der Waals surface area contributed by atoms with E-state index in [1.807, 2.05) is 0 Å². The minimum Gasteiger partial charge on any atom is -0.0774 e. The largest absolute Gasteiger partial charge is 0.0774 e. The molecule has 0 saturated heterocycles. The zero-order chi connectivity index (χ0) is 13.4. The lowest BCUT2D eigenvalue weighted by Crippen LogP contribution is -2.05. The first-order chi connectivity index (χ1) is 8.36. The third kappa shape index (κ3) is 2.43. The molecule has 1 fully saturated rings. The first-order valence-electron chi connectivity index (χ1n) is 6.77. The first kappa shape index (κ1) is 13.1. The van der Waals surface area contributed by atoms with Crippen LogP contribution in [0.2, 0.25) is 0 Å². The molecule has 0 nitrogen and oxygen atoms in total. The molecule has 1 saturated carbocycles. The van der Waals surface area contributed by atoms with Crippen LogP contribution in [-0.4, -0.2) is 0 Å². The monoisotopic (exact) mass is 240 g/mol. The summed E-state index contributed by atoms with van der Waals surface area (Å²) < 4.78 is 0. The van der Waals surface area contributed by atoms with E-state index >= 15 is 0 Å². The lowest BCUT2D eigenvalue weighted by Gasteiger charge is -2.15. The van der Waals surface area contributed by atoms with Gasteiger partial charge in [-0.15, -0.1) is 0 Å². The van der Waals surface area contributed by atoms with Gasteiger partial charge < -0.3 is 0 Å². The van der Waals surface area contributed by atoms with Crippen LogP contribution in [0, 0.1) is 24.7 Å². The highest BCUT2D eigenvalue weighted by atomic mass is 14.6. The summed E-state index contributed by atoms with van der Waals surface area (Å²) in [5.41, 5.74) is 5.18. The van der Waals surface area contributed by atoms with Gasteiger partial charge in [0, 0.05) is 0 Å². The highest BCUT2D eigenvalue weighted by molar-refractivity contribution is 5.38. The lowest BCUT2D eigenvalue weighted by atomic mass is 9.89. The van der Waals surface area contributed by atoms with Crippen molar-refractivity contribution < 1.29 is 0 Å². The maximum Gasteiger partial charge on any atom is -0.00437 e. The zero-order valence-electron chi connectivity index (χ0n) is 12.2. The van der Waals surface area contributed by atoms with Crippen LogP contribution >= 0.6 is 0 Å². The predicted octanol–water partition coefficient (Wildman–Crippen LogP) is 5.22. The molecule has 0 aromatic heterocycles. The maximum atomic E-state index is 2.41. The quantitative estimate of drug-likeness (QED) is 0.583. The van der Waals surface area contributed by atoms with Crippen molar-refractivity contribution in [1.29, 1.82) is 0 Å². The van der Waals surface area contributed by atoms with Gasteiger partial charge in [-0.1, -0.05) is 61.9 Å². The summed E-state index contributed by atoms with van der Waals surface area (Å²) in [6.07, 6.45) is 8.36. The molecule has 0 radical (unpaired) electrons. The SMILES string of the molecule is CC1=CC2(C)CC2(C)C=C1.Cc1ccccc1C. The summed E-state index contributed by atoms with van der Waals surface area (Å²) >= 11 is 0. The van der Waals surface area contributed by atoms with Crippen molar-refractivity contribution in [2.75, 3.05) is 0 Å². The molecule has 2 aliphatic carbocycles. The molecular weight excluding hydrogens is 216 g/mol. The van der Waals surface area contributed by atoms with E-state index in [0.29, 0.717) is 10.8 Å². The van der Waals surface area contributed by atoms with Gasteiger partial charge in [-0.2, -0.15) is 0 Å². The summed E-state index contributed by atoms with van der Waals surface area (Å²) in [5.74, 6) is 0. The van der Waals surface area contributed by atoms with Gasteiger partial charge in [0.15, 0.2) is 0 Å². The highest BCUT2D eigenvalue weighted by Crippen LogP contribution is 2.67. The van der Waals surface area contributed by atoms with Gasteiger partial charge in [-0.25, -0.2) is 0 Å². The molecule has 1 aromatic rings.